The molecule has 0 aliphatic carbocycles. The van der Waals surface area contributed by atoms with Crippen molar-refractivity contribution < 1.29 is 24.9 Å². The number of aromatic hydroxyl groups is 1. The minimum Gasteiger partial charge on any atom is -0.508 e. The van der Waals surface area contributed by atoms with E-state index >= 15 is 0 Å². The molecule has 1 aliphatic rings. The van der Waals surface area contributed by atoms with E-state index in [1.807, 2.05) is 0 Å². The molecule has 0 bridgehead atoms. The molecule has 1 aliphatic heterocycles. The molecule has 4 rings (SSSR count). The molecule has 1 aromatic carbocycles. The van der Waals surface area contributed by atoms with Crippen molar-refractivity contribution in [3.63, 3.8) is 0 Å². The van der Waals surface area contributed by atoms with Crippen LogP contribution < -0.4 is 16.8 Å². The van der Waals surface area contributed by atoms with E-state index < -0.39 is 43.0 Å². The largest absolute Gasteiger partial charge is 0.508 e. The lowest BCUT2D eigenvalue weighted by Gasteiger charge is -2.23. The molecule has 1 fully saturated rings. The number of imidazole rings is 1. The fraction of sp³-hybridized carbons (Fsp3) is 0.368. The van der Waals surface area contributed by atoms with Gasteiger partial charge in [-0.05, 0) is 24.1 Å². The smallest absolute Gasteiger partial charge is 0.237 e. The Morgan fingerprint density at radius 3 is 2.71 bits per heavy atom. The summed E-state index contributed by atoms with van der Waals surface area (Å²) in [4.78, 5) is 24.8. The maximum atomic E-state index is 12.6. The normalized spacial score (nSPS) is 24.4. The second-order valence-electron chi connectivity index (χ2n) is 7.33. The van der Waals surface area contributed by atoms with Crippen LogP contribution in [0, 0.1) is 0 Å². The Balaban J connectivity index is 1.49. The highest BCUT2D eigenvalue weighted by Gasteiger charge is 2.46. The van der Waals surface area contributed by atoms with E-state index in [1.54, 1.807) is 12.1 Å². The predicted molar refractivity (Wildman–Crippen MR) is 108 cm³/mol. The van der Waals surface area contributed by atoms with E-state index in [0.717, 1.165) is 5.56 Å². The molecule has 164 valence electrons. The Bertz CT molecular complexity index is 1070. The number of carbonyl (C=O) groups is 1. The number of hydrogen-bond donors (Lipinski definition) is 6. The molecular formula is C19H23N7O5. The summed E-state index contributed by atoms with van der Waals surface area (Å²) in [5, 5.41) is 32.6. The van der Waals surface area contributed by atoms with Gasteiger partial charge in [-0.15, -0.1) is 0 Å². The number of carbonyl (C=O) groups excluding carboxylic acids is 1. The molecule has 0 radical (unpaired) electrons. The lowest BCUT2D eigenvalue weighted by Crippen LogP contribution is -2.53. The zero-order valence-electron chi connectivity index (χ0n) is 16.4. The highest BCUT2D eigenvalue weighted by atomic mass is 16.5. The number of fused-ring (bicyclic) bond motifs is 1. The van der Waals surface area contributed by atoms with Crippen molar-refractivity contribution in [3.8, 4) is 5.75 Å². The van der Waals surface area contributed by atoms with Gasteiger partial charge in [0.25, 0.3) is 0 Å². The Morgan fingerprint density at radius 1 is 1.26 bits per heavy atom. The number of anilines is 1. The van der Waals surface area contributed by atoms with Gasteiger partial charge in [-0.25, -0.2) is 15.0 Å². The number of ether oxygens (including phenoxy) is 1. The van der Waals surface area contributed by atoms with Crippen LogP contribution in [0.3, 0.4) is 0 Å². The number of aliphatic hydroxyl groups excluding tert-OH is 2. The molecule has 12 heteroatoms. The molecule has 1 saturated heterocycles. The molecular weight excluding hydrogens is 406 g/mol. The predicted octanol–water partition coefficient (Wildman–Crippen LogP) is -1.58. The van der Waals surface area contributed by atoms with Gasteiger partial charge in [0, 0.05) is 0 Å². The standard InChI is InChI=1S/C19H23N7O5/c20-11(5-9-1-3-10(28)4-2-9)18(30)25-13-12(6-27)31-19(15(13)29)26-8-24-14-16(21)22-7-23-17(14)26/h1-4,7-8,11-13,15,19,27-29H,5-6,20H2,(H,25,30)(H2,21,22,23)/t11?,12-,13?,15?,19-/m1/s1. The number of hydrogen-bond acceptors (Lipinski definition) is 10. The molecule has 2 aromatic heterocycles. The zero-order valence-corrected chi connectivity index (χ0v) is 16.4. The first-order valence-corrected chi connectivity index (χ1v) is 9.60. The van der Waals surface area contributed by atoms with E-state index in [9.17, 15) is 20.1 Å². The molecule has 12 nitrogen and oxygen atoms in total. The number of phenols is 1. The molecule has 0 spiro atoms. The molecule has 31 heavy (non-hydrogen) atoms. The molecule has 0 saturated carbocycles. The Kier molecular flexibility index (Phi) is 5.69. The number of phenolic OH excluding ortho intramolecular Hbond substituents is 1. The van der Waals surface area contributed by atoms with Gasteiger partial charge in [0.15, 0.2) is 17.7 Å². The summed E-state index contributed by atoms with van der Waals surface area (Å²) in [5.74, 6) is -0.217. The summed E-state index contributed by atoms with van der Waals surface area (Å²) < 4.78 is 7.25. The quantitative estimate of drug-likeness (QED) is 0.266. The van der Waals surface area contributed by atoms with Crippen molar-refractivity contribution >= 4 is 22.9 Å². The van der Waals surface area contributed by atoms with Gasteiger partial charge >= 0.3 is 0 Å². The van der Waals surface area contributed by atoms with Gasteiger partial charge < -0.3 is 36.8 Å². The summed E-state index contributed by atoms with van der Waals surface area (Å²) in [6.07, 6.45) is -0.154. The van der Waals surface area contributed by atoms with Crippen molar-refractivity contribution in [1.29, 1.82) is 0 Å². The number of nitrogens with zero attached hydrogens (tertiary/aromatic N) is 4. The molecule has 3 aromatic rings. The number of benzene rings is 1. The van der Waals surface area contributed by atoms with Crippen molar-refractivity contribution in [1.82, 2.24) is 24.8 Å². The highest BCUT2D eigenvalue weighted by molar-refractivity contribution is 5.82. The number of nitrogens with one attached hydrogen (secondary N) is 1. The van der Waals surface area contributed by atoms with Crippen LogP contribution >= 0.6 is 0 Å². The van der Waals surface area contributed by atoms with E-state index in [1.165, 1.54) is 29.4 Å². The Labute approximate surface area is 176 Å². The topological polar surface area (TPSA) is 195 Å². The van der Waals surface area contributed by atoms with Crippen LogP contribution in [0.2, 0.25) is 0 Å². The summed E-state index contributed by atoms with van der Waals surface area (Å²) >= 11 is 0. The summed E-state index contributed by atoms with van der Waals surface area (Å²) in [6.45, 7) is -0.435. The zero-order chi connectivity index (χ0) is 22.1. The third-order valence-corrected chi connectivity index (χ3v) is 5.25. The van der Waals surface area contributed by atoms with Crippen LogP contribution in [-0.4, -0.2) is 71.6 Å². The van der Waals surface area contributed by atoms with Crippen LogP contribution in [0.1, 0.15) is 11.8 Å². The molecule has 3 unspecified atom stereocenters. The van der Waals surface area contributed by atoms with Gasteiger partial charge in [0.2, 0.25) is 5.91 Å². The van der Waals surface area contributed by atoms with Crippen molar-refractivity contribution in [3.05, 3.63) is 42.5 Å². The number of aliphatic hydroxyl groups is 2. The molecule has 3 heterocycles. The van der Waals surface area contributed by atoms with E-state index in [4.69, 9.17) is 16.2 Å². The molecule has 1 amide bonds. The average Bonchev–Trinajstić information content (AvgIpc) is 3.32. The maximum absolute atomic E-state index is 12.6. The number of rotatable bonds is 6. The number of nitrogens with two attached hydrogens (primary N) is 2. The van der Waals surface area contributed by atoms with E-state index in [2.05, 4.69) is 20.3 Å². The maximum Gasteiger partial charge on any atom is 0.237 e. The number of nitrogen functional groups attached to an aromatic ring is 1. The third kappa shape index (κ3) is 4.01. The van der Waals surface area contributed by atoms with Crippen molar-refractivity contribution in [2.75, 3.05) is 12.3 Å². The first kappa shape index (κ1) is 20.9. The second-order valence-corrected chi connectivity index (χ2v) is 7.33. The summed E-state index contributed by atoms with van der Waals surface area (Å²) in [6, 6.07) is 4.53. The van der Waals surface area contributed by atoms with Gasteiger partial charge in [-0.2, -0.15) is 0 Å². The molecule has 5 atom stereocenters. The van der Waals surface area contributed by atoms with Crippen LogP contribution in [0.25, 0.3) is 11.2 Å². The average molecular weight is 429 g/mol. The van der Waals surface area contributed by atoms with Crippen LogP contribution in [0.4, 0.5) is 5.82 Å². The monoisotopic (exact) mass is 429 g/mol. The summed E-state index contributed by atoms with van der Waals surface area (Å²) in [7, 11) is 0. The highest BCUT2D eigenvalue weighted by Crippen LogP contribution is 2.32. The van der Waals surface area contributed by atoms with Crippen LogP contribution in [0.15, 0.2) is 36.9 Å². The third-order valence-electron chi connectivity index (χ3n) is 5.25. The van der Waals surface area contributed by atoms with E-state index in [0.29, 0.717) is 11.2 Å². The fourth-order valence-electron chi connectivity index (χ4n) is 3.61. The number of aromatic nitrogens is 4. The minimum atomic E-state index is -1.21. The fourth-order valence-corrected chi connectivity index (χ4v) is 3.61. The Hall–Kier alpha value is -3.32. The molecule has 8 N–H and O–H groups in total. The van der Waals surface area contributed by atoms with E-state index in [-0.39, 0.29) is 18.0 Å². The lowest BCUT2D eigenvalue weighted by molar-refractivity contribution is -0.124. The SMILES string of the molecule is Nc1ncnc2c1ncn2[C@@H]1O[C@H](CO)C(NC(=O)C(N)Cc2ccc(O)cc2)C1O. The van der Waals surface area contributed by atoms with Gasteiger partial charge in [0.05, 0.1) is 25.0 Å². The Morgan fingerprint density at radius 2 is 2.00 bits per heavy atom. The second kappa shape index (κ2) is 8.43. The van der Waals surface area contributed by atoms with Crippen molar-refractivity contribution in [2.24, 2.45) is 5.73 Å². The first-order valence-electron chi connectivity index (χ1n) is 9.60. The minimum absolute atomic E-state index is 0.115. The van der Waals surface area contributed by atoms with Crippen LogP contribution in [-0.2, 0) is 16.0 Å². The summed E-state index contributed by atoms with van der Waals surface area (Å²) in [5.41, 5.74) is 13.3. The lowest BCUT2D eigenvalue weighted by atomic mass is 10.0. The van der Waals surface area contributed by atoms with Gasteiger partial charge in [-0.3, -0.25) is 9.36 Å². The number of amides is 1. The van der Waals surface area contributed by atoms with Gasteiger partial charge in [-0.1, -0.05) is 12.1 Å². The van der Waals surface area contributed by atoms with Crippen molar-refractivity contribution in [2.45, 2.75) is 36.9 Å². The first-order chi connectivity index (χ1) is 14.9. The van der Waals surface area contributed by atoms with Crippen LogP contribution in [0.5, 0.6) is 5.75 Å². The van der Waals surface area contributed by atoms with Gasteiger partial charge in [0.1, 0.15) is 29.8 Å².